The molecule has 0 saturated carbocycles. The molecule has 2 aromatic carbocycles. The highest BCUT2D eigenvalue weighted by Crippen LogP contribution is 2.22. The van der Waals surface area contributed by atoms with Crippen LogP contribution in [-0.2, 0) is 12.8 Å². The third-order valence-electron chi connectivity index (χ3n) is 3.19. The molecule has 0 aliphatic rings. The standard InChI is InChI=1S/C16H15F3O2/c1-21-15-4-2-3-11(16(15)19)8-13(20)7-10-5-6-12(17)9-14(10)18/h2-6,9,13,20H,7-8H2,1H3. The Hall–Kier alpha value is -2.01. The maximum absolute atomic E-state index is 13.9. The molecular weight excluding hydrogens is 281 g/mol. The Morgan fingerprint density at radius 1 is 1.05 bits per heavy atom. The molecule has 0 aliphatic carbocycles. The Bertz CT molecular complexity index is 629. The number of hydrogen-bond acceptors (Lipinski definition) is 2. The largest absolute Gasteiger partial charge is 0.494 e. The average molecular weight is 296 g/mol. The molecular formula is C16H15F3O2. The number of ether oxygens (including phenoxy) is 1. The first-order chi connectivity index (χ1) is 10.0. The Morgan fingerprint density at radius 2 is 1.76 bits per heavy atom. The van der Waals surface area contributed by atoms with Crippen molar-refractivity contribution in [3.05, 3.63) is 65.0 Å². The highest BCUT2D eigenvalue weighted by atomic mass is 19.1. The van der Waals surface area contributed by atoms with Crippen LogP contribution in [0.2, 0.25) is 0 Å². The minimum atomic E-state index is -0.980. The minimum absolute atomic E-state index is 0.0137. The van der Waals surface area contributed by atoms with Crippen molar-refractivity contribution >= 4 is 0 Å². The molecule has 0 heterocycles. The van der Waals surface area contributed by atoms with E-state index in [1.165, 1.54) is 25.3 Å². The SMILES string of the molecule is COc1cccc(CC(O)Cc2ccc(F)cc2F)c1F. The van der Waals surface area contributed by atoms with Crippen LogP contribution in [0.3, 0.4) is 0 Å². The highest BCUT2D eigenvalue weighted by Gasteiger charge is 2.15. The van der Waals surface area contributed by atoms with Crippen LogP contribution < -0.4 is 4.74 Å². The summed E-state index contributed by atoms with van der Waals surface area (Å²) < 4.78 is 45.1. The van der Waals surface area contributed by atoms with Gasteiger partial charge >= 0.3 is 0 Å². The molecule has 2 aromatic rings. The fourth-order valence-electron chi connectivity index (χ4n) is 2.14. The predicted octanol–water partition coefficient (Wildman–Crippen LogP) is 3.26. The number of halogens is 3. The molecule has 0 aromatic heterocycles. The van der Waals surface area contributed by atoms with Gasteiger partial charge in [0.15, 0.2) is 11.6 Å². The summed E-state index contributed by atoms with van der Waals surface area (Å²) in [6.07, 6.45) is -0.991. The second kappa shape index (κ2) is 6.63. The van der Waals surface area contributed by atoms with Gasteiger partial charge in [0.05, 0.1) is 13.2 Å². The van der Waals surface area contributed by atoms with Crippen molar-refractivity contribution in [3.63, 3.8) is 0 Å². The van der Waals surface area contributed by atoms with Crippen LogP contribution in [0.5, 0.6) is 5.75 Å². The van der Waals surface area contributed by atoms with Crippen molar-refractivity contribution in [2.45, 2.75) is 18.9 Å². The van der Waals surface area contributed by atoms with Crippen molar-refractivity contribution in [2.24, 2.45) is 0 Å². The number of benzene rings is 2. The monoisotopic (exact) mass is 296 g/mol. The predicted molar refractivity (Wildman–Crippen MR) is 72.7 cm³/mol. The summed E-state index contributed by atoms with van der Waals surface area (Å²) in [5.41, 5.74) is 0.469. The number of methoxy groups -OCH3 is 1. The fourth-order valence-corrected chi connectivity index (χ4v) is 2.14. The Kier molecular flexibility index (Phi) is 4.85. The van der Waals surface area contributed by atoms with Gasteiger partial charge in [-0.15, -0.1) is 0 Å². The lowest BCUT2D eigenvalue weighted by Gasteiger charge is -2.13. The Morgan fingerprint density at radius 3 is 2.43 bits per heavy atom. The van der Waals surface area contributed by atoms with Crippen molar-refractivity contribution < 1.29 is 23.0 Å². The molecule has 0 amide bonds. The molecule has 2 rings (SSSR count). The van der Waals surface area contributed by atoms with Gasteiger partial charge < -0.3 is 9.84 Å². The van der Waals surface area contributed by atoms with Gasteiger partial charge in [-0.1, -0.05) is 18.2 Å². The molecule has 5 heteroatoms. The molecule has 1 atom stereocenters. The summed E-state index contributed by atoms with van der Waals surface area (Å²) in [5, 5.41) is 9.97. The normalized spacial score (nSPS) is 12.2. The lowest BCUT2D eigenvalue weighted by atomic mass is 10.0. The quantitative estimate of drug-likeness (QED) is 0.917. The number of rotatable bonds is 5. The number of hydrogen-bond donors (Lipinski definition) is 1. The molecule has 2 nitrogen and oxygen atoms in total. The Balaban J connectivity index is 2.10. The van der Waals surface area contributed by atoms with Crippen LogP contribution in [0.15, 0.2) is 36.4 Å². The van der Waals surface area contributed by atoms with Gasteiger partial charge in [0.1, 0.15) is 11.6 Å². The topological polar surface area (TPSA) is 29.5 Å². The molecule has 21 heavy (non-hydrogen) atoms. The zero-order valence-electron chi connectivity index (χ0n) is 11.4. The molecule has 0 saturated heterocycles. The van der Waals surface area contributed by atoms with Crippen molar-refractivity contribution in [2.75, 3.05) is 7.11 Å². The zero-order valence-corrected chi connectivity index (χ0v) is 11.4. The highest BCUT2D eigenvalue weighted by molar-refractivity contribution is 5.31. The van der Waals surface area contributed by atoms with E-state index in [9.17, 15) is 18.3 Å². The zero-order chi connectivity index (χ0) is 15.4. The number of aliphatic hydroxyl groups is 1. The van der Waals surface area contributed by atoms with Crippen LogP contribution in [-0.4, -0.2) is 18.3 Å². The third kappa shape index (κ3) is 3.76. The van der Waals surface area contributed by atoms with E-state index in [1.807, 2.05) is 0 Å². The molecule has 0 spiro atoms. The molecule has 0 fully saturated rings. The van der Waals surface area contributed by atoms with Crippen LogP contribution in [0.4, 0.5) is 13.2 Å². The van der Waals surface area contributed by atoms with Crippen LogP contribution >= 0.6 is 0 Å². The Labute approximate surface area is 120 Å². The first kappa shape index (κ1) is 15.4. The lowest BCUT2D eigenvalue weighted by Crippen LogP contribution is -2.16. The van der Waals surface area contributed by atoms with Gasteiger partial charge in [0.2, 0.25) is 0 Å². The molecule has 1 unspecified atom stereocenters. The third-order valence-corrected chi connectivity index (χ3v) is 3.19. The summed E-state index contributed by atoms with van der Waals surface area (Å²) in [7, 11) is 1.35. The van der Waals surface area contributed by atoms with Gasteiger partial charge in [-0.05, 0) is 23.3 Å². The van der Waals surface area contributed by atoms with Crippen LogP contribution in [0, 0.1) is 17.5 Å². The maximum atomic E-state index is 13.9. The first-order valence-electron chi connectivity index (χ1n) is 6.44. The average Bonchev–Trinajstić information content (AvgIpc) is 2.44. The van der Waals surface area contributed by atoms with Gasteiger partial charge in [-0.25, -0.2) is 13.2 Å². The number of aliphatic hydroxyl groups excluding tert-OH is 1. The van der Waals surface area contributed by atoms with Gasteiger partial charge in [0, 0.05) is 18.9 Å². The van der Waals surface area contributed by atoms with E-state index in [0.29, 0.717) is 0 Å². The van der Waals surface area contributed by atoms with Crippen LogP contribution in [0.25, 0.3) is 0 Å². The molecule has 0 bridgehead atoms. The van der Waals surface area contributed by atoms with Gasteiger partial charge in [-0.2, -0.15) is 0 Å². The second-order valence-electron chi connectivity index (χ2n) is 4.73. The van der Waals surface area contributed by atoms with E-state index in [-0.39, 0.29) is 29.7 Å². The minimum Gasteiger partial charge on any atom is -0.494 e. The van der Waals surface area contributed by atoms with E-state index in [4.69, 9.17) is 4.74 Å². The molecule has 0 aliphatic heterocycles. The van der Waals surface area contributed by atoms with Gasteiger partial charge in [0.25, 0.3) is 0 Å². The van der Waals surface area contributed by atoms with E-state index < -0.39 is 23.6 Å². The van der Waals surface area contributed by atoms with E-state index in [0.717, 1.165) is 12.1 Å². The molecule has 0 radical (unpaired) electrons. The maximum Gasteiger partial charge on any atom is 0.168 e. The van der Waals surface area contributed by atoms with E-state index in [2.05, 4.69) is 0 Å². The van der Waals surface area contributed by atoms with Crippen molar-refractivity contribution in [1.29, 1.82) is 0 Å². The van der Waals surface area contributed by atoms with E-state index in [1.54, 1.807) is 6.07 Å². The summed E-state index contributed by atoms with van der Waals surface area (Å²) in [6, 6.07) is 7.77. The van der Waals surface area contributed by atoms with Gasteiger partial charge in [-0.3, -0.25) is 0 Å². The lowest BCUT2D eigenvalue weighted by molar-refractivity contribution is 0.172. The van der Waals surface area contributed by atoms with Crippen molar-refractivity contribution in [1.82, 2.24) is 0 Å². The summed E-state index contributed by atoms with van der Waals surface area (Å²) in [6.45, 7) is 0. The molecule has 1 N–H and O–H groups in total. The first-order valence-corrected chi connectivity index (χ1v) is 6.44. The summed E-state index contributed by atoms with van der Waals surface area (Å²) in [5.74, 6) is -1.85. The van der Waals surface area contributed by atoms with Crippen molar-refractivity contribution in [3.8, 4) is 5.75 Å². The smallest absolute Gasteiger partial charge is 0.168 e. The second-order valence-corrected chi connectivity index (χ2v) is 4.73. The fraction of sp³-hybridized carbons (Fsp3) is 0.250. The molecule has 112 valence electrons. The van der Waals surface area contributed by atoms with E-state index >= 15 is 0 Å². The summed E-state index contributed by atoms with van der Waals surface area (Å²) >= 11 is 0. The summed E-state index contributed by atoms with van der Waals surface area (Å²) in [4.78, 5) is 0. The van der Waals surface area contributed by atoms with Crippen LogP contribution in [0.1, 0.15) is 11.1 Å².